The lowest BCUT2D eigenvalue weighted by Gasteiger charge is -2.17. The van der Waals surface area contributed by atoms with Crippen molar-refractivity contribution in [1.29, 1.82) is 0 Å². The summed E-state index contributed by atoms with van der Waals surface area (Å²) in [5, 5.41) is 13.7. The molecule has 0 bridgehead atoms. The fraction of sp³-hybridized carbons (Fsp3) is 0.429. The molecule has 0 saturated heterocycles. The Morgan fingerprint density at radius 1 is 1.14 bits per heavy atom. The van der Waals surface area contributed by atoms with Crippen LogP contribution in [0.1, 0.15) is 20.3 Å². The first-order valence-electron chi connectivity index (χ1n) is 6.68. The van der Waals surface area contributed by atoms with Crippen LogP contribution in [0.5, 0.6) is 0 Å². The smallest absolute Gasteiger partial charge is 0.313 e. The molecule has 0 fully saturated rings. The van der Waals surface area contributed by atoms with Crippen molar-refractivity contribution in [3.63, 3.8) is 0 Å². The van der Waals surface area contributed by atoms with Crippen LogP contribution in [0.3, 0.4) is 0 Å². The van der Waals surface area contributed by atoms with Crippen LogP contribution >= 0.6 is 0 Å². The molecule has 3 N–H and O–H groups in total. The summed E-state index contributed by atoms with van der Waals surface area (Å²) in [6.07, 6.45) is -0.148. The Bertz CT molecular complexity index is 567. The first kappa shape index (κ1) is 18.0. The maximum absolute atomic E-state index is 13.3. The van der Waals surface area contributed by atoms with Crippen molar-refractivity contribution in [2.24, 2.45) is 5.92 Å². The Hall–Kier alpha value is -2.09. The third kappa shape index (κ3) is 4.73. The van der Waals surface area contributed by atoms with Crippen molar-refractivity contribution >= 4 is 17.5 Å². The molecule has 2 atom stereocenters. The number of aliphatic hydroxyl groups excluding tert-OH is 1. The maximum atomic E-state index is 13.3. The van der Waals surface area contributed by atoms with Gasteiger partial charge in [-0.3, -0.25) is 9.59 Å². The van der Waals surface area contributed by atoms with Gasteiger partial charge in [-0.05, 0) is 5.92 Å². The van der Waals surface area contributed by atoms with Gasteiger partial charge in [-0.15, -0.1) is 0 Å². The van der Waals surface area contributed by atoms with Gasteiger partial charge in [0, 0.05) is 18.7 Å². The highest BCUT2D eigenvalue weighted by molar-refractivity contribution is 6.39. The number of hydrogen-bond donors (Lipinski definition) is 3. The van der Waals surface area contributed by atoms with Crippen molar-refractivity contribution in [1.82, 2.24) is 5.32 Å². The highest BCUT2D eigenvalue weighted by Crippen LogP contribution is 2.18. The predicted molar refractivity (Wildman–Crippen MR) is 73.4 cm³/mol. The minimum atomic E-state index is -1.41. The maximum Gasteiger partial charge on any atom is 0.313 e. The number of nitrogens with one attached hydrogen (secondary N) is 2. The molecular formula is C14H17F3N2O3. The number of aliphatic hydroxyl groups is 1. The predicted octanol–water partition coefficient (Wildman–Crippen LogP) is 1.57. The third-order valence-corrected chi connectivity index (χ3v) is 3.24. The Balaban J connectivity index is 2.62. The lowest BCUT2D eigenvalue weighted by Crippen LogP contribution is -2.41. The van der Waals surface area contributed by atoms with Crippen LogP contribution in [0, 0.1) is 23.4 Å². The van der Waals surface area contributed by atoms with Crippen LogP contribution in [-0.2, 0) is 9.59 Å². The van der Waals surface area contributed by atoms with E-state index in [9.17, 15) is 27.9 Å². The number of carbonyl (C=O) groups excluding carboxylic acids is 2. The molecule has 5 nitrogen and oxygen atoms in total. The van der Waals surface area contributed by atoms with Crippen LogP contribution in [-0.4, -0.2) is 29.6 Å². The van der Waals surface area contributed by atoms with Crippen molar-refractivity contribution in [3.05, 3.63) is 29.6 Å². The zero-order valence-corrected chi connectivity index (χ0v) is 12.1. The molecule has 2 amide bonds. The van der Waals surface area contributed by atoms with E-state index in [0.29, 0.717) is 12.5 Å². The monoisotopic (exact) mass is 318 g/mol. The van der Waals surface area contributed by atoms with Gasteiger partial charge in [-0.2, -0.15) is 0 Å². The molecular weight excluding hydrogens is 301 g/mol. The van der Waals surface area contributed by atoms with Gasteiger partial charge in [-0.25, -0.2) is 13.2 Å². The van der Waals surface area contributed by atoms with E-state index < -0.39 is 41.1 Å². The van der Waals surface area contributed by atoms with Crippen molar-refractivity contribution in [2.75, 3.05) is 11.9 Å². The molecule has 1 rings (SSSR count). The van der Waals surface area contributed by atoms with Gasteiger partial charge in [-0.1, -0.05) is 20.3 Å². The molecule has 0 aromatic heterocycles. The molecule has 0 aliphatic heterocycles. The molecule has 22 heavy (non-hydrogen) atoms. The summed E-state index contributed by atoms with van der Waals surface area (Å²) in [7, 11) is 0. The molecule has 0 heterocycles. The summed E-state index contributed by atoms with van der Waals surface area (Å²) in [4.78, 5) is 23.0. The van der Waals surface area contributed by atoms with Gasteiger partial charge >= 0.3 is 11.8 Å². The quantitative estimate of drug-likeness (QED) is 0.569. The standard InChI is InChI=1S/C14H17F3N2O3/c1-3-7(2)12(20)6-18-13(21)14(22)19-11-5-9(16)8(15)4-10(11)17/h4-5,7,12,20H,3,6H2,1-2H3,(H,18,21)(H,19,22). The number of carbonyl (C=O) groups is 2. The first-order chi connectivity index (χ1) is 10.3. The molecule has 0 saturated carbocycles. The number of halogens is 3. The summed E-state index contributed by atoms with van der Waals surface area (Å²) in [6.45, 7) is 3.48. The number of amides is 2. The summed E-state index contributed by atoms with van der Waals surface area (Å²) in [5.74, 6) is -6.42. The molecule has 0 aliphatic carbocycles. The van der Waals surface area contributed by atoms with E-state index in [0.717, 1.165) is 0 Å². The minimum absolute atomic E-state index is 0.0769. The Labute approximate surface area is 125 Å². The van der Waals surface area contributed by atoms with E-state index in [1.165, 1.54) is 0 Å². The van der Waals surface area contributed by atoms with E-state index in [-0.39, 0.29) is 18.5 Å². The lowest BCUT2D eigenvalue weighted by atomic mass is 10.0. The SMILES string of the molecule is CCC(C)C(O)CNC(=O)C(=O)Nc1cc(F)c(F)cc1F. The number of benzene rings is 1. The molecule has 2 unspecified atom stereocenters. The topological polar surface area (TPSA) is 78.4 Å². The molecule has 1 aromatic rings. The second-order valence-corrected chi connectivity index (χ2v) is 4.86. The highest BCUT2D eigenvalue weighted by Gasteiger charge is 2.19. The van der Waals surface area contributed by atoms with Crippen molar-refractivity contribution in [2.45, 2.75) is 26.4 Å². The lowest BCUT2D eigenvalue weighted by molar-refractivity contribution is -0.136. The third-order valence-electron chi connectivity index (χ3n) is 3.24. The van der Waals surface area contributed by atoms with Crippen LogP contribution in [0.2, 0.25) is 0 Å². The van der Waals surface area contributed by atoms with Gasteiger partial charge in [0.15, 0.2) is 11.6 Å². The Morgan fingerprint density at radius 3 is 2.32 bits per heavy atom. The summed E-state index contributed by atoms with van der Waals surface area (Å²) in [5.41, 5.74) is -0.651. The van der Waals surface area contributed by atoms with E-state index >= 15 is 0 Å². The van der Waals surface area contributed by atoms with E-state index in [1.54, 1.807) is 6.92 Å². The van der Waals surface area contributed by atoms with E-state index in [4.69, 9.17) is 0 Å². The first-order valence-corrected chi connectivity index (χ1v) is 6.68. The second kappa shape index (κ2) is 7.79. The molecule has 0 spiro atoms. The van der Waals surface area contributed by atoms with Crippen molar-refractivity contribution in [3.8, 4) is 0 Å². The van der Waals surface area contributed by atoms with Crippen LogP contribution in [0.15, 0.2) is 12.1 Å². The van der Waals surface area contributed by atoms with E-state index in [2.05, 4.69) is 5.32 Å². The Kier molecular flexibility index (Phi) is 6.36. The number of anilines is 1. The van der Waals surface area contributed by atoms with Crippen LogP contribution < -0.4 is 10.6 Å². The molecule has 0 aliphatic rings. The van der Waals surface area contributed by atoms with Crippen molar-refractivity contribution < 1.29 is 27.9 Å². The largest absolute Gasteiger partial charge is 0.391 e. The van der Waals surface area contributed by atoms with Gasteiger partial charge in [0.1, 0.15) is 5.82 Å². The molecule has 1 aromatic carbocycles. The fourth-order valence-corrected chi connectivity index (χ4v) is 1.55. The van der Waals surface area contributed by atoms with E-state index in [1.807, 2.05) is 12.2 Å². The van der Waals surface area contributed by atoms with Crippen LogP contribution in [0.4, 0.5) is 18.9 Å². The molecule has 0 radical (unpaired) electrons. The number of rotatable bonds is 5. The van der Waals surface area contributed by atoms with Gasteiger partial charge in [0.2, 0.25) is 0 Å². The normalized spacial score (nSPS) is 13.4. The fourth-order valence-electron chi connectivity index (χ4n) is 1.55. The highest BCUT2D eigenvalue weighted by atomic mass is 19.2. The van der Waals surface area contributed by atoms with Gasteiger partial charge in [0.25, 0.3) is 0 Å². The molecule has 122 valence electrons. The molecule has 8 heteroatoms. The van der Waals surface area contributed by atoms with Gasteiger partial charge in [0.05, 0.1) is 11.8 Å². The Morgan fingerprint density at radius 2 is 1.73 bits per heavy atom. The minimum Gasteiger partial charge on any atom is -0.391 e. The zero-order valence-electron chi connectivity index (χ0n) is 12.1. The zero-order chi connectivity index (χ0) is 16.9. The summed E-state index contributed by atoms with van der Waals surface area (Å²) >= 11 is 0. The average molecular weight is 318 g/mol. The summed E-state index contributed by atoms with van der Waals surface area (Å²) in [6, 6.07) is 0.694. The summed E-state index contributed by atoms with van der Waals surface area (Å²) < 4.78 is 39.0. The number of hydrogen-bond acceptors (Lipinski definition) is 3. The van der Waals surface area contributed by atoms with Crippen LogP contribution in [0.25, 0.3) is 0 Å². The van der Waals surface area contributed by atoms with Gasteiger partial charge < -0.3 is 15.7 Å². The second-order valence-electron chi connectivity index (χ2n) is 4.86. The average Bonchev–Trinajstić information content (AvgIpc) is 2.48.